The lowest BCUT2D eigenvalue weighted by Crippen LogP contribution is -2.50. The Morgan fingerprint density at radius 2 is 2.00 bits per heavy atom. The van der Waals surface area contributed by atoms with Crippen molar-refractivity contribution in [1.82, 2.24) is 15.5 Å². The van der Waals surface area contributed by atoms with Gasteiger partial charge in [-0.2, -0.15) is 0 Å². The van der Waals surface area contributed by atoms with Crippen LogP contribution in [0, 0.1) is 5.41 Å². The summed E-state index contributed by atoms with van der Waals surface area (Å²) in [5.74, 6) is 0.288. The van der Waals surface area contributed by atoms with Crippen molar-refractivity contribution in [3.05, 3.63) is 0 Å². The van der Waals surface area contributed by atoms with E-state index < -0.39 is 0 Å². The number of hydrogen-bond acceptors (Lipinski definition) is 3. The molecule has 2 aliphatic rings. The van der Waals surface area contributed by atoms with Gasteiger partial charge in [0.05, 0.1) is 5.41 Å². The van der Waals surface area contributed by atoms with E-state index in [0.29, 0.717) is 13.0 Å². The van der Waals surface area contributed by atoms with Gasteiger partial charge in [0, 0.05) is 32.6 Å². The quantitative estimate of drug-likeness (QED) is 0.787. The summed E-state index contributed by atoms with van der Waals surface area (Å²) < 4.78 is 0. The van der Waals surface area contributed by atoms with Gasteiger partial charge in [-0.25, -0.2) is 0 Å². The zero-order chi connectivity index (χ0) is 14.4. The van der Waals surface area contributed by atoms with E-state index in [4.69, 9.17) is 0 Å². The largest absolute Gasteiger partial charge is 0.355 e. The van der Waals surface area contributed by atoms with Crippen LogP contribution in [-0.4, -0.2) is 49.4 Å². The highest BCUT2D eigenvalue weighted by molar-refractivity contribution is 5.84. The Kier molecular flexibility index (Phi) is 5.40. The number of amides is 2. The minimum absolute atomic E-state index is 0.112. The number of nitrogens with one attached hydrogen (secondary N) is 2. The van der Waals surface area contributed by atoms with Gasteiger partial charge >= 0.3 is 0 Å². The van der Waals surface area contributed by atoms with Crippen molar-refractivity contribution in [2.24, 2.45) is 5.41 Å². The van der Waals surface area contributed by atoms with Crippen LogP contribution in [0.25, 0.3) is 0 Å². The first-order chi connectivity index (χ1) is 9.68. The van der Waals surface area contributed by atoms with Crippen LogP contribution >= 0.6 is 0 Å². The number of carbonyl (C=O) groups excluding carboxylic acids is 2. The molecule has 2 N–H and O–H groups in total. The average molecular weight is 281 g/mol. The molecule has 2 fully saturated rings. The fraction of sp³-hybridized carbons (Fsp3) is 0.867. The summed E-state index contributed by atoms with van der Waals surface area (Å²) in [6, 6.07) is 0. The number of likely N-dealkylation sites (tertiary alicyclic amines) is 1. The molecule has 0 saturated carbocycles. The molecule has 2 saturated heterocycles. The Balaban J connectivity index is 1.74. The standard InChI is InChI=1S/C15H27N3O2/c1-2-15(7-5-8-16-12-15)14(20)17-9-6-13(19)18-10-3-4-11-18/h16H,2-12H2,1H3,(H,17,20). The first-order valence-corrected chi connectivity index (χ1v) is 7.95. The van der Waals surface area contributed by atoms with E-state index >= 15 is 0 Å². The van der Waals surface area contributed by atoms with E-state index in [1.54, 1.807) is 0 Å². The highest BCUT2D eigenvalue weighted by Crippen LogP contribution is 2.30. The maximum Gasteiger partial charge on any atom is 0.227 e. The van der Waals surface area contributed by atoms with Crippen molar-refractivity contribution in [2.45, 2.75) is 45.4 Å². The van der Waals surface area contributed by atoms with Gasteiger partial charge in [-0.15, -0.1) is 0 Å². The van der Waals surface area contributed by atoms with E-state index in [1.165, 1.54) is 0 Å². The molecule has 20 heavy (non-hydrogen) atoms. The Morgan fingerprint density at radius 1 is 1.25 bits per heavy atom. The molecule has 5 heteroatoms. The molecule has 0 bridgehead atoms. The van der Waals surface area contributed by atoms with Crippen molar-refractivity contribution in [2.75, 3.05) is 32.7 Å². The second kappa shape index (κ2) is 7.07. The lowest BCUT2D eigenvalue weighted by molar-refractivity contribution is -0.133. The zero-order valence-electron chi connectivity index (χ0n) is 12.5. The summed E-state index contributed by atoms with van der Waals surface area (Å²) in [4.78, 5) is 26.2. The fourth-order valence-electron chi connectivity index (χ4n) is 3.22. The average Bonchev–Trinajstić information content (AvgIpc) is 3.02. The van der Waals surface area contributed by atoms with Crippen LogP contribution in [0.3, 0.4) is 0 Å². The fourth-order valence-corrected chi connectivity index (χ4v) is 3.22. The van der Waals surface area contributed by atoms with E-state index in [0.717, 1.165) is 58.3 Å². The number of hydrogen-bond donors (Lipinski definition) is 2. The summed E-state index contributed by atoms with van der Waals surface area (Å²) in [6.07, 6.45) is 5.51. The Hall–Kier alpha value is -1.10. The van der Waals surface area contributed by atoms with Crippen LogP contribution in [0.4, 0.5) is 0 Å². The SMILES string of the molecule is CCC1(C(=O)NCCC(=O)N2CCCC2)CCCNC1. The number of nitrogens with zero attached hydrogens (tertiary/aromatic N) is 1. The van der Waals surface area contributed by atoms with Gasteiger partial charge in [0.25, 0.3) is 0 Å². The van der Waals surface area contributed by atoms with Gasteiger partial charge < -0.3 is 15.5 Å². The molecular formula is C15H27N3O2. The molecule has 1 unspecified atom stereocenters. The Bertz CT molecular complexity index is 345. The first kappa shape index (κ1) is 15.3. The third-order valence-corrected chi connectivity index (χ3v) is 4.71. The maximum atomic E-state index is 12.4. The highest BCUT2D eigenvalue weighted by atomic mass is 16.2. The predicted molar refractivity (Wildman–Crippen MR) is 78.3 cm³/mol. The Morgan fingerprint density at radius 3 is 2.60 bits per heavy atom. The monoisotopic (exact) mass is 281 g/mol. The van der Waals surface area contributed by atoms with Gasteiger partial charge in [0.15, 0.2) is 0 Å². The van der Waals surface area contributed by atoms with Gasteiger partial charge in [0.2, 0.25) is 11.8 Å². The molecule has 1 atom stereocenters. The molecule has 2 amide bonds. The number of rotatable bonds is 5. The van der Waals surface area contributed by atoms with Crippen molar-refractivity contribution in [3.63, 3.8) is 0 Å². The van der Waals surface area contributed by atoms with Gasteiger partial charge in [-0.3, -0.25) is 9.59 Å². The smallest absolute Gasteiger partial charge is 0.227 e. The number of piperidine rings is 1. The van der Waals surface area contributed by atoms with E-state index in [1.807, 2.05) is 4.90 Å². The molecule has 0 aromatic carbocycles. The molecule has 2 aliphatic heterocycles. The molecule has 5 nitrogen and oxygen atoms in total. The van der Waals surface area contributed by atoms with E-state index in [2.05, 4.69) is 17.6 Å². The van der Waals surface area contributed by atoms with Crippen LogP contribution in [0.15, 0.2) is 0 Å². The summed E-state index contributed by atoms with van der Waals surface area (Å²) in [7, 11) is 0. The lowest BCUT2D eigenvalue weighted by atomic mass is 9.77. The number of carbonyl (C=O) groups is 2. The summed E-state index contributed by atoms with van der Waals surface area (Å²) in [5.41, 5.74) is -0.269. The van der Waals surface area contributed by atoms with Crippen molar-refractivity contribution < 1.29 is 9.59 Å². The topological polar surface area (TPSA) is 61.4 Å². The normalized spacial score (nSPS) is 26.6. The van der Waals surface area contributed by atoms with Crippen LogP contribution in [0.5, 0.6) is 0 Å². The second-order valence-corrected chi connectivity index (χ2v) is 6.01. The molecule has 114 valence electrons. The van der Waals surface area contributed by atoms with Gasteiger partial charge in [-0.05, 0) is 38.6 Å². The van der Waals surface area contributed by atoms with Crippen molar-refractivity contribution in [3.8, 4) is 0 Å². The zero-order valence-corrected chi connectivity index (χ0v) is 12.5. The predicted octanol–water partition coefficient (Wildman–Crippen LogP) is 0.895. The van der Waals surface area contributed by atoms with Crippen LogP contribution in [0.1, 0.15) is 45.4 Å². The molecular weight excluding hydrogens is 254 g/mol. The minimum Gasteiger partial charge on any atom is -0.355 e. The third-order valence-electron chi connectivity index (χ3n) is 4.71. The van der Waals surface area contributed by atoms with E-state index in [-0.39, 0.29) is 17.2 Å². The minimum atomic E-state index is -0.269. The maximum absolute atomic E-state index is 12.4. The highest BCUT2D eigenvalue weighted by Gasteiger charge is 2.37. The summed E-state index contributed by atoms with van der Waals surface area (Å²) in [6.45, 7) is 6.07. The summed E-state index contributed by atoms with van der Waals surface area (Å²) >= 11 is 0. The van der Waals surface area contributed by atoms with Crippen molar-refractivity contribution in [1.29, 1.82) is 0 Å². The molecule has 2 heterocycles. The Labute approximate surface area is 121 Å². The van der Waals surface area contributed by atoms with Crippen LogP contribution < -0.4 is 10.6 Å². The molecule has 0 aromatic heterocycles. The molecule has 0 radical (unpaired) electrons. The van der Waals surface area contributed by atoms with Crippen molar-refractivity contribution >= 4 is 11.8 Å². The first-order valence-electron chi connectivity index (χ1n) is 7.95. The molecule has 0 aliphatic carbocycles. The molecule has 0 spiro atoms. The second-order valence-electron chi connectivity index (χ2n) is 6.01. The van der Waals surface area contributed by atoms with Crippen LogP contribution in [0.2, 0.25) is 0 Å². The van der Waals surface area contributed by atoms with E-state index in [9.17, 15) is 9.59 Å². The lowest BCUT2D eigenvalue weighted by Gasteiger charge is -2.35. The van der Waals surface area contributed by atoms with Gasteiger partial charge in [0.1, 0.15) is 0 Å². The van der Waals surface area contributed by atoms with Crippen LogP contribution in [-0.2, 0) is 9.59 Å². The van der Waals surface area contributed by atoms with Gasteiger partial charge in [-0.1, -0.05) is 6.92 Å². The third kappa shape index (κ3) is 3.51. The molecule has 0 aromatic rings. The summed E-state index contributed by atoms with van der Waals surface area (Å²) in [5, 5.41) is 6.29. The molecule has 2 rings (SSSR count).